The molecule has 6 heteroatoms. The van der Waals surface area contributed by atoms with Crippen molar-refractivity contribution in [1.82, 2.24) is 4.90 Å². The summed E-state index contributed by atoms with van der Waals surface area (Å²) in [6.45, 7) is 3.74. The molecule has 0 aromatic heterocycles. The lowest BCUT2D eigenvalue weighted by Crippen LogP contribution is -2.37. The van der Waals surface area contributed by atoms with Crippen molar-refractivity contribution in [2.24, 2.45) is 0 Å². The molecule has 0 fully saturated rings. The topological polar surface area (TPSA) is 58.6 Å². The summed E-state index contributed by atoms with van der Waals surface area (Å²) in [6.07, 6.45) is 0. The third-order valence-corrected chi connectivity index (χ3v) is 4.11. The average Bonchev–Trinajstić information content (AvgIpc) is 2.58. The van der Waals surface area contributed by atoms with Gasteiger partial charge in [0.15, 0.2) is 6.61 Å². The van der Waals surface area contributed by atoms with Gasteiger partial charge in [-0.15, -0.1) is 0 Å². The molecule has 0 aliphatic heterocycles. The van der Waals surface area contributed by atoms with E-state index in [1.807, 2.05) is 32.0 Å². The molecule has 2 aromatic carbocycles. The lowest BCUT2D eigenvalue weighted by molar-refractivity contribution is -0.135. The predicted molar refractivity (Wildman–Crippen MR) is 99.1 cm³/mol. The van der Waals surface area contributed by atoms with Gasteiger partial charge in [-0.1, -0.05) is 23.7 Å². The number of amides is 2. The van der Waals surface area contributed by atoms with Gasteiger partial charge in [-0.25, -0.2) is 0 Å². The molecule has 0 spiro atoms. The second-order valence-electron chi connectivity index (χ2n) is 5.79. The standard InChI is InChI=1S/C19H21ClN2O3/c1-13-5-4-6-17(14(13)2)21-18(23)11-22(3)19(24)12-25-16-9-7-15(20)8-10-16/h4-10H,11-12H2,1-3H3,(H,21,23). The van der Waals surface area contributed by atoms with Crippen LogP contribution in [0.5, 0.6) is 5.75 Å². The van der Waals surface area contributed by atoms with Crippen molar-refractivity contribution in [1.29, 1.82) is 0 Å². The first-order chi connectivity index (χ1) is 11.9. The van der Waals surface area contributed by atoms with Gasteiger partial charge in [-0.3, -0.25) is 9.59 Å². The van der Waals surface area contributed by atoms with E-state index < -0.39 is 0 Å². The van der Waals surface area contributed by atoms with Crippen LogP contribution in [0.4, 0.5) is 5.69 Å². The van der Waals surface area contributed by atoms with Crippen molar-refractivity contribution in [3.63, 3.8) is 0 Å². The third kappa shape index (κ3) is 5.50. The van der Waals surface area contributed by atoms with Gasteiger partial charge in [0.25, 0.3) is 5.91 Å². The monoisotopic (exact) mass is 360 g/mol. The van der Waals surface area contributed by atoms with E-state index in [2.05, 4.69) is 5.32 Å². The summed E-state index contributed by atoms with van der Waals surface area (Å²) in [4.78, 5) is 25.6. The summed E-state index contributed by atoms with van der Waals surface area (Å²) >= 11 is 5.79. The van der Waals surface area contributed by atoms with Crippen LogP contribution in [0.15, 0.2) is 42.5 Å². The number of benzene rings is 2. The number of rotatable bonds is 6. The fraction of sp³-hybridized carbons (Fsp3) is 0.263. The van der Waals surface area contributed by atoms with Crippen molar-refractivity contribution in [3.05, 3.63) is 58.6 Å². The minimum Gasteiger partial charge on any atom is -0.484 e. The highest BCUT2D eigenvalue weighted by molar-refractivity contribution is 6.30. The molecule has 2 rings (SSSR count). The Morgan fingerprint density at radius 3 is 2.48 bits per heavy atom. The Morgan fingerprint density at radius 2 is 1.80 bits per heavy atom. The van der Waals surface area contributed by atoms with Gasteiger partial charge in [0.1, 0.15) is 5.75 Å². The number of hydrogen-bond acceptors (Lipinski definition) is 3. The van der Waals surface area contributed by atoms with Gasteiger partial charge < -0.3 is 15.0 Å². The summed E-state index contributed by atoms with van der Waals surface area (Å²) < 4.78 is 5.40. The fourth-order valence-corrected chi connectivity index (χ4v) is 2.29. The van der Waals surface area contributed by atoms with Crippen LogP contribution in [0.2, 0.25) is 5.02 Å². The number of nitrogens with one attached hydrogen (secondary N) is 1. The van der Waals surface area contributed by atoms with Gasteiger partial charge in [-0.05, 0) is 55.3 Å². The number of halogens is 1. The van der Waals surface area contributed by atoms with Crippen molar-refractivity contribution >= 4 is 29.1 Å². The third-order valence-electron chi connectivity index (χ3n) is 3.86. The van der Waals surface area contributed by atoms with Gasteiger partial charge in [0, 0.05) is 17.8 Å². The van der Waals surface area contributed by atoms with Crippen molar-refractivity contribution in [2.45, 2.75) is 13.8 Å². The largest absolute Gasteiger partial charge is 0.484 e. The molecule has 2 amide bonds. The number of carbonyl (C=O) groups excluding carboxylic acids is 2. The molecule has 0 bridgehead atoms. The second kappa shape index (κ2) is 8.53. The minimum absolute atomic E-state index is 0.0454. The molecule has 0 radical (unpaired) electrons. The van der Waals surface area contributed by atoms with Crippen LogP contribution < -0.4 is 10.1 Å². The normalized spacial score (nSPS) is 10.2. The van der Waals surface area contributed by atoms with E-state index in [1.165, 1.54) is 4.90 Å². The summed E-state index contributed by atoms with van der Waals surface area (Å²) in [7, 11) is 1.57. The number of aryl methyl sites for hydroxylation is 1. The van der Waals surface area contributed by atoms with Crippen LogP contribution in [0.3, 0.4) is 0 Å². The van der Waals surface area contributed by atoms with Crippen molar-refractivity contribution in [2.75, 3.05) is 25.5 Å². The number of ether oxygens (including phenoxy) is 1. The van der Waals surface area contributed by atoms with Crippen molar-refractivity contribution in [3.8, 4) is 5.75 Å². The van der Waals surface area contributed by atoms with E-state index in [9.17, 15) is 9.59 Å². The molecule has 2 aromatic rings. The molecule has 0 atom stereocenters. The molecule has 25 heavy (non-hydrogen) atoms. The van der Waals surface area contributed by atoms with Gasteiger partial charge in [0.2, 0.25) is 5.91 Å². The van der Waals surface area contributed by atoms with Crippen LogP contribution in [-0.2, 0) is 9.59 Å². The smallest absolute Gasteiger partial charge is 0.260 e. The Bertz CT molecular complexity index is 760. The predicted octanol–water partition coefficient (Wildman–Crippen LogP) is 3.43. The molecular formula is C19H21ClN2O3. The average molecular weight is 361 g/mol. The fourth-order valence-electron chi connectivity index (χ4n) is 2.17. The summed E-state index contributed by atoms with van der Waals surface area (Å²) in [5.74, 6) is 0.00749. The number of hydrogen-bond donors (Lipinski definition) is 1. The van der Waals surface area contributed by atoms with E-state index in [4.69, 9.17) is 16.3 Å². The van der Waals surface area contributed by atoms with Crippen LogP contribution in [-0.4, -0.2) is 36.9 Å². The Kier molecular flexibility index (Phi) is 6.42. The Balaban J connectivity index is 1.84. The zero-order valence-electron chi connectivity index (χ0n) is 14.5. The van der Waals surface area contributed by atoms with Gasteiger partial charge >= 0.3 is 0 Å². The Morgan fingerprint density at radius 1 is 1.12 bits per heavy atom. The SMILES string of the molecule is Cc1cccc(NC(=O)CN(C)C(=O)COc2ccc(Cl)cc2)c1C. The summed E-state index contributed by atoms with van der Waals surface area (Å²) in [6, 6.07) is 12.4. The zero-order valence-corrected chi connectivity index (χ0v) is 15.3. The van der Waals surface area contributed by atoms with Crippen molar-refractivity contribution < 1.29 is 14.3 Å². The first-order valence-electron chi connectivity index (χ1n) is 7.85. The van der Waals surface area contributed by atoms with E-state index in [-0.39, 0.29) is 25.0 Å². The lowest BCUT2D eigenvalue weighted by Gasteiger charge is -2.18. The molecule has 0 aliphatic rings. The van der Waals surface area contributed by atoms with Gasteiger partial charge in [0.05, 0.1) is 6.54 Å². The zero-order chi connectivity index (χ0) is 18.4. The first-order valence-corrected chi connectivity index (χ1v) is 8.23. The van der Waals surface area contributed by atoms with Crippen LogP contribution in [0, 0.1) is 13.8 Å². The first kappa shape index (κ1) is 18.8. The summed E-state index contributed by atoms with van der Waals surface area (Å²) in [5, 5.41) is 3.42. The van der Waals surface area contributed by atoms with Crippen LogP contribution in [0.1, 0.15) is 11.1 Å². The summed E-state index contributed by atoms with van der Waals surface area (Å²) in [5.41, 5.74) is 2.86. The second-order valence-corrected chi connectivity index (χ2v) is 6.22. The molecule has 0 saturated carbocycles. The maximum absolute atomic E-state index is 12.1. The van der Waals surface area contributed by atoms with Crippen LogP contribution >= 0.6 is 11.6 Å². The highest BCUT2D eigenvalue weighted by Gasteiger charge is 2.14. The van der Waals surface area contributed by atoms with E-state index in [0.29, 0.717) is 10.8 Å². The molecule has 5 nitrogen and oxygen atoms in total. The molecule has 1 N–H and O–H groups in total. The quantitative estimate of drug-likeness (QED) is 0.858. The number of likely N-dealkylation sites (N-methyl/N-ethyl adjacent to an activating group) is 1. The van der Waals surface area contributed by atoms with Crippen LogP contribution in [0.25, 0.3) is 0 Å². The Labute approximate surface area is 152 Å². The highest BCUT2D eigenvalue weighted by atomic mass is 35.5. The molecule has 0 unspecified atom stereocenters. The Hall–Kier alpha value is -2.53. The van der Waals surface area contributed by atoms with Gasteiger partial charge in [-0.2, -0.15) is 0 Å². The van der Waals surface area contributed by atoms with E-state index in [0.717, 1.165) is 16.8 Å². The number of anilines is 1. The molecule has 132 valence electrons. The van der Waals surface area contributed by atoms with E-state index in [1.54, 1.807) is 31.3 Å². The highest BCUT2D eigenvalue weighted by Crippen LogP contribution is 2.18. The maximum Gasteiger partial charge on any atom is 0.260 e. The maximum atomic E-state index is 12.1. The number of nitrogens with zero attached hydrogens (tertiary/aromatic N) is 1. The van der Waals surface area contributed by atoms with E-state index >= 15 is 0 Å². The lowest BCUT2D eigenvalue weighted by atomic mass is 10.1. The molecular weight excluding hydrogens is 340 g/mol. The molecule has 0 saturated heterocycles. The molecule has 0 aliphatic carbocycles. The molecule has 0 heterocycles. The number of carbonyl (C=O) groups is 2. The minimum atomic E-state index is -0.286.